The summed E-state index contributed by atoms with van der Waals surface area (Å²) in [6, 6.07) is 5.23. The predicted molar refractivity (Wildman–Crippen MR) is 71.9 cm³/mol. The Morgan fingerprint density at radius 1 is 1.22 bits per heavy atom. The van der Waals surface area contributed by atoms with Crippen molar-refractivity contribution in [2.45, 2.75) is 0 Å². The number of hydrogen-bond donors (Lipinski definition) is 0. The molecule has 1 aromatic carbocycles. The van der Waals surface area contributed by atoms with Gasteiger partial charge in [-0.05, 0) is 28.6 Å². The topological polar surface area (TPSA) is 46.8 Å². The first-order valence-corrected chi connectivity index (χ1v) is 5.92. The summed E-state index contributed by atoms with van der Waals surface area (Å²) in [5.74, 6) is 0.613. The lowest BCUT2D eigenvalue weighted by molar-refractivity contribution is 0.567. The molecule has 0 saturated heterocycles. The van der Waals surface area contributed by atoms with Crippen molar-refractivity contribution in [2.24, 2.45) is 0 Å². The van der Waals surface area contributed by atoms with Crippen molar-refractivity contribution in [2.75, 3.05) is 14.1 Å². The SMILES string of the molecule is CN(C)/C=C\c1nnnn1-c1ccc(Cl)c(Cl)c1. The summed E-state index contributed by atoms with van der Waals surface area (Å²) in [7, 11) is 3.84. The van der Waals surface area contributed by atoms with Crippen LogP contribution in [0.2, 0.25) is 10.0 Å². The Bertz CT molecular complexity index is 577. The first-order chi connectivity index (χ1) is 8.58. The lowest BCUT2D eigenvalue weighted by Gasteiger charge is -2.05. The zero-order valence-electron chi connectivity index (χ0n) is 9.88. The van der Waals surface area contributed by atoms with Crippen molar-refractivity contribution in [1.82, 2.24) is 25.1 Å². The second-order valence-corrected chi connectivity index (χ2v) is 4.64. The van der Waals surface area contributed by atoms with Gasteiger partial charge in [-0.15, -0.1) is 5.10 Å². The molecule has 0 fully saturated rings. The molecule has 0 aliphatic heterocycles. The molecule has 0 saturated carbocycles. The van der Waals surface area contributed by atoms with Gasteiger partial charge in [-0.25, -0.2) is 0 Å². The Morgan fingerprint density at radius 3 is 2.67 bits per heavy atom. The number of hydrogen-bond acceptors (Lipinski definition) is 4. The van der Waals surface area contributed by atoms with Gasteiger partial charge in [0.25, 0.3) is 0 Å². The second-order valence-electron chi connectivity index (χ2n) is 3.83. The second kappa shape index (κ2) is 5.37. The van der Waals surface area contributed by atoms with Gasteiger partial charge in [0, 0.05) is 26.4 Å². The molecule has 1 aromatic heterocycles. The zero-order valence-corrected chi connectivity index (χ0v) is 11.4. The normalized spacial score (nSPS) is 11.1. The van der Waals surface area contributed by atoms with Gasteiger partial charge in [0.2, 0.25) is 0 Å². The predicted octanol–water partition coefficient (Wildman–Crippen LogP) is 2.50. The molecule has 2 aromatic rings. The summed E-state index contributed by atoms with van der Waals surface area (Å²) in [4.78, 5) is 1.90. The fourth-order valence-electron chi connectivity index (χ4n) is 1.31. The molecule has 0 atom stereocenters. The van der Waals surface area contributed by atoms with E-state index < -0.39 is 0 Å². The monoisotopic (exact) mass is 283 g/mol. The highest BCUT2D eigenvalue weighted by Crippen LogP contribution is 2.24. The van der Waals surface area contributed by atoms with E-state index in [1.54, 1.807) is 22.9 Å². The Labute approximate surface area is 115 Å². The van der Waals surface area contributed by atoms with Crippen LogP contribution in [0.25, 0.3) is 11.8 Å². The van der Waals surface area contributed by atoms with Crippen molar-refractivity contribution in [3.8, 4) is 5.69 Å². The molecule has 5 nitrogen and oxygen atoms in total. The van der Waals surface area contributed by atoms with Crippen LogP contribution in [0.4, 0.5) is 0 Å². The van der Waals surface area contributed by atoms with Crippen LogP contribution in [0, 0.1) is 0 Å². The van der Waals surface area contributed by atoms with Gasteiger partial charge in [0.1, 0.15) is 0 Å². The average molecular weight is 284 g/mol. The zero-order chi connectivity index (χ0) is 13.1. The highest BCUT2D eigenvalue weighted by atomic mass is 35.5. The van der Waals surface area contributed by atoms with Crippen LogP contribution in [0.1, 0.15) is 5.82 Å². The largest absolute Gasteiger partial charge is 0.383 e. The lowest BCUT2D eigenvalue weighted by atomic mass is 10.3. The van der Waals surface area contributed by atoms with Crippen LogP contribution in [-0.2, 0) is 0 Å². The molecule has 0 unspecified atom stereocenters. The fraction of sp³-hybridized carbons (Fsp3) is 0.182. The smallest absolute Gasteiger partial charge is 0.181 e. The third-order valence-corrected chi connectivity index (χ3v) is 2.90. The van der Waals surface area contributed by atoms with Gasteiger partial charge in [-0.2, -0.15) is 4.68 Å². The maximum atomic E-state index is 5.97. The van der Waals surface area contributed by atoms with Crippen molar-refractivity contribution in [3.05, 3.63) is 40.3 Å². The minimum Gasteiger partial charge on any atom is -0.383 e. The van der Waals surface area contributed by atoms with Gasteiger partial charge in [-0.3, -0.25) is 0 Å². The van der Waals surface area contributed by atoms with Crippen LogP contribution in [0.3, 0.4) is 0 Å². The van der Waals surface area contributed by atoms with Crippen LogP contribution >= 0.6 is 23.2 Å². The summed E-state index contributed by atoms with van der Waals surface area (Å²) < 4.78 is 1.59. The third-order valence-electron chi connectivity index (χ3n) is 2.16. The minimum atomic E-state index is 0.465. The molecule has 2 rings (SSSR count). The Hall–Kier alpha value is -1.59. The lowest BCUT2D eigenvalue weighted by Crippen LogP contribution is -2.03. The summed E-state index contributed by atoms with van der Waals surface area (Å²) in [5, 5.41) is 12.5. The molecular weight excluding hydrogens is 273 g/mol. The number of benzene rings is 1. The van der Waals surface area contributed by atoms with Gasteiger partial charge in [-0.1, -0.05) is 23.2 Å². The van der Waals surface area contributed by atoms with Crippen molar-refractivity contribution in [3.63, 3.8) is 0 Å². The summed E-state index contributed by atoms with van der Waals surface area (Å²) in [5.41, 5.74) is 0.757. The summed E-state index contributed by atoms with van der Waals surface area (Å²) in [6.45, 7) is 0. The van der Waals surface area contributed by atoms with Crippen LogP contribution in [-0.4, -0.2) is 39.2 Å². The number of aromatic nitrogens is 4. The van der Waals surface area contributed by atoms with E-state index in [0.717, 1.165) is 5.69 Å². The highest BCUT2D eigenvalue weighted by Gasteiger charge is 2.07. The third kappa shape index (κ3) is 2.80. The molecule has 94 valence electrons. The van der Waals surface area contributed by atoms with Crippen molar-refractivity contribution < 1.29 is 0 Å². The quantitative estimate of drug-likeness (QED) is 0.868. The average Bonchev–Trinajstić information content (AvgIpc) is 2.78. The van der Waals surface area contributed by atoms with Crippen molar-refractivity contribution in [1.29, 1.82) is 0 Å². The maximum Gasteiger partial charge on any atom is 0.181 e. The molecule has 0 aliphatic carbocycles. The van der Waals surface area contributed by atoms with E-state index in [0.29, 0.717) is 15.9 Å². The molecular formula is C11H11Cl2N5. The molecule has 0 amide bonds. The van der Waals surface area contributed by atoms with E-state index in [1.165, 1.54) is 0 Å². The van der Waals surface area contributed by atoms with E-state index >= 15 is 0 Å². The van der Waals surface area contributed by atoms with Crippen LogP contribution < -0.4 is 0 Å². The van der Waals surface area contributed by atoms with E-state index in [-0.39, 0.29) is 0 Å². The van der Waals surface area contributed by atoms with E-state index in [2.05, 4.69) is 15.5 Å². The highest BCUT2D eigenvalue weighted by molar-refractivity contribution is 6.42. The minimum absolute atomic E-state index is 0.465. The number of halogens is 2. The first kappa shape index (κ1) is 12.9. The van der Waals surface area contributed by atoms with Crippen LogP contribution in [0.5, 0.6) is 0 Å². The number of rotatable bonds is 3. The number of nitrogens with zero attached hydrogens (tertiary/aromatic N) is 5. The van der Waals surface area contributed by atoms with E-state index in [4.69, 9.17) is 23.2 Å². The van der Waals surface area contributed by atoms with Crippen molar-refractivity contribution >= 4 is 29.3 Å². The molecule has 0 aliphatic rings. The van der Waals surface area contributed by atoms with Gasteiger partial charge in [0.15, 0.2) is 5.82 Å². The Balaban J connectivity index is 2.39. The summed E-state index contributed by atoms with van der Waals surface area (Å²) in [6.07, 6.45) is 3.67. The fourth-order valence-corrected chi connectivity index (χ4v) is 1.61. The van der Waals surface area contributed by atoms with Gasteiger partial charge < -0.3 is 4.90 Å². The molecule has 0 bridgehead atoms. The molecule has 18 heavy (non-hydrogen) atoms. The molecule has 0 radical (unpaired) electrons. The number of tetrazole rings is 1. The van der Waals surface area contributed by atoms with Gasteiger partial charge >= 0.3 is 0 Å². The molecule has 0 N–H and O–H groups in total. The molecule has 7 heteroatoms. The Kier molecular flexibility index (Phi) is 3.84. The van der Waals surface area contributed by atoms with Crippen LogP contribution in [0.15, 0.2) is 24.4 Å². The maximum absolute atomic E-state index is 5.97. The van der Waals surface area contributed by atoms with E-state index in [1.807, 2.05) is 31.3 Å². The summed E-state index contributed by atoms with van der Waals surface area (Å²) >= 11 is 11.8. The standard InChI is InChI=1S/C11H11Cl2N5/c1-17(2)6-5-11-14-15-16-18(11)8-3-4-9(12)10(13)7-8/h3-7H,1-2H3/b6-5-. The molecule has 0 spiro atoms. The Morgan fingerprint density at radius 2 is 2.00 bits per heavy atom. The first-order valence-electron chi connectivity index (χ1n) is 5.16. The van der Waals surface area contributed by atoms with Gasteiger partial charge in [0.05, 0.1) is 15.7 Å². The molecule has 1 heterocycles. The van der Waals surface area contributed by atoms with E-state index in [9.17, 15) is 0 Å².